The fraction of sp³-hybridized carbons (Fsp3) is 1.00. The molecule has 0 atom stereocenters. The summed E-state index contributed by atoms with van der Waals surface area (Å²) in [5.74, 6) is 0. The summed E-state index contributed by atoms with van der Waals surface area (Å²) in [4.78, 5) is -1.98. The SMILES string of the molecule is O=S(=O)([O-])C1(O)CCCCCC1.[Na+]. The summed E-state index contributed by atoms with van der Waals surface area (Å²) in [6.45, 7) is 0. The van der Waals surface area contributed by atoms with Gasteiger partial charge < -0.3 is 9.66 Å². The molecule has 0 amide bonds. The van der Waals surface area contributed by atoms with E-state index in [2.05, 4.69) is 0 Å². The predicted octanol–water partition coefficient (Wildman–Crippen LogP) is -2.42. The molecule has 1 fully saturated rings. The van der Waals surface area contributed by atoms with Crippen LogP contribution in [0.2, 0.25) is 0 Å². The van der Waals surface area contributed by atoms with Gasteiger partial charge in [0.05, 0.1) is 0 Å². The maximum absolute atomic E-state index is 10.7. The monoisotopic (exact) mass is 216 g/mol. The van der Waals surface area contributed by atoms with Crippen LogP contribution < -0.4 is 29.6 Å². The molecule has 1 rings (SSSR count). The predicted molar refractivity (Wildman–Crippen MR) is 42.3 cm³/mol. The molecule has 0 bridgehead atoms. The van der Waals surface area contributed by atoms with Crippen molar-refractivity contribution in [3.63, 3.8) is 0 Å². The third-order valence-corrected chi connectivity index (χ3v) is 3.69. The van der Waals surface area contributed by atoms with Crippen molar-refractivity contribution < 1.29 is 47.6 Å². The molecule has 0 aromatic heterocycles. The van der Waals surface area contributed by atoms with Gasteiger partial charge in [0.1, 0.15) is 10.1 Å². The molecule has 0 unspecified atom stereocenters. The van der Waals surface area contributed by atoms with Gasteiger partial charge in [-0.15, -0.1) is 0 Å². The van der Waals surface area contributed by atoms with Crippen LogP contribution in [0.4, 0.5) is 0 Å². The molecule has 72 valence electrons. The average Bonchev–Trinajstić information content (AvgIpc) is 2.12. The topological polar surface area (TPSA) is 77.4 Å². The quantitative estimate of drug-likeness (QED) is 0.300. The molecule has 6 heteroatoms. The van der Waals surface area contributed by atoms with Crippen molar-refractivity contribution >= 4 is 10.1 Å². The van der Waals surface area contributed by atoms with E-state index in [9.17, 15) is 18.1 Å². The van der Waals surface area contributed by atoms with Crippen LogP contribution in [-0.2, 0) is 10.1 Å². The van der Waals surface area contributed by atoms with Crippen molar-refractivity contribution in [1.29, 1.82) is 0 Å². The molecule has 1 aliphatic rings. The van der Waals surface area contributed by atoms with Crippen LogP contribution in [0.25, 0.3) is 0 Å². The van der Waals surface area contributed by atoms with Gasteiger partial charge in [-0.25, -0.2) is 8.42 Å². The van der Waals surface area contributed by atoms with E-state index < -0.39 is 15.1 Å². The summed E-state index contributed by atoms with van der Waals surface area (Å²) in [5.41, 5.74) is 0. The van der Waals surface area contributed by atoms with Crippen LogP contribution in [0.3, 0.4) is 0 Å². The first-order chi connectivity index (χ1) is 5.46. The Bertz CT molecular complexity index is 241. The molecule has 0 aliphatic heterocycles. The minimum atomic E-state index is -4.54. The van der Waals surface area contributed by atoms with Crippen molar-refractivity contribution in [3.8, 4) is 0 Å². The minimum Gasteiger partial charge on any atom is -0.746 e. The van der Waals surface area contributed by atoms with Crippen LogP contribution in [0, 0.1) is 0 Å². The van der Waals surface area contributed by atoms with Gasteiger partial charge in [0, 0.05) is 0 Å². The molecule has 1 N–H and O–H groups in total. The third kappa shape index (κ3) is 3.49. The molecule has 0 saturated heterocycles. The van der Waals surface area contributed by atoms with Crippen LogP contribution in [0.5, 0.6) is 0 Å². The average molecular weight is 216 g/mol. The van der Waals surface area contributed by atoms with Crippen molar-refractivity contribution in [2.45, 2.75) is 43.5 Å². The van der Waals surface area contributed by atoms with E-state index in [1.54, 1.807) is 0 Å². The maximum atomic E-state index is 10.7. The van der Waals surface area contributed by atoms with Crippen molar-refractivity contribution in [2.75, 3.05) is 0 Å². The molecular weight excluding hydrogens is 203 g/mol. The van der Waals surface area contributed by atoms with E-state index in [0.29, 0.717) is 12.8 Å². The summed E-state index contributed by atoms with van der Waals surface area (Å²) in [5, 5.41) is 9.49. The van der Waals surface area contributed by atoms with E-state index in [1.165, 1.54) is 0 Å². The van der Waals surface area contributed by atoms with Crippen LogP contribution in [0.15, 0.2) is 0 Å². The second kappa shape index (κ2) is 5.09. The van der Waals surface area contributed by atoms with Gasteiger partial charge in [0.25, 0.3) is 0 Å². The van der Waals surface area contributed by atoms with E-state index in [1.807, 2.05) is 0 Å². The van der Waals surface area contributed by atoms with Gasteiger partial charge in [0.2, 0.25) is 0 Å². The summed E-state index contributed by atoms with van der Waals surface area (Å²) in [6, 6.07) is 0. The zero-order valence-corrected chi connectivity index (χ0v) is 10.6. The molecule has 0 heterocycles. The number of rotatable bonds is 1. The van der Waals surface area contributed by atoms with E-state index in [-0.39, 0.29) is 42.4 Å². The molecule has 0 aromatic carbocycles. The Balaban J connectivity index is 0.00000144. The van der Waals surface area contributed by atoms with Crippen molar-refractivity contribution in [1.82, 2.24) is 0 Å². The molecule has 0 aromatic rings. The van der Waals surface area contributed by atoms with E-state index >= 15 is 0 Å². The molecule has 1 aliphatic carbocycles. The normalized spacial score (nSPS) is 22.9. The smallest absolute Gasteiger partial charge is 0.746 e. The summed E-state index contributed by atoms with van der Waals surface area (Å²) >= 11 is 0. The molecule has 4 nitrogen and oxygen atoms in total. The zero-order chi connectivity index (χ0) is 9.24. The second-order valence-electron chi connectivity index (χ2n) is 3.31. The fourth-order valence-electron chi connectivity index (χ4n) is 1.53. The van der Waals surface area contributed by atoms with Crippen LogP contribution in [0.1, 0.15) is 38.5 Å². The summed E-state index contributed by atoms with van der Waals surface area (Å²) in [6.07, 6.45) is 3.24. The second-order valence-corrected chi connectivity index (χ2v) is 4.98. The summed E-state index contributed by atoms with van der Waals surface area (Å²) in [7, 11) is -4.54. The Hall–Kier alpha value is 0.870. The van der Waals surface area contributed by atoms with Crippen molar-refractivity contribution in [2.24, 2.45) is 0 Å². The van der Waals surface area contributed by atoms with Gasteiger partial charge in [-0.05, 0) is 25.7 Å². The maximum Gasteiger partial charge on any atom is 1.00 e. The minimum absolute atomic E-state index is 0. The summed E-state index contributed by atoms with van der Waals surface area (Å²) < 4.78 is 32.0. The van der Waals surface area contributed by atoms with Gasteiger partial charge in [-0.3, -0.25) is 0 Å². The first-order valence-electron chi connectivity index (χ1n) is 4.13. The Labute approximate surface area is 101 Å². The van der Waals surface area contributed by atoms with Gasteiger partial charge in [0.15, 0.2) is 4.93 Å². The van der Waals surface area contributed by atoms with Gasteiger partial charge in [-0.2, -0.15) is 0 Å². The fourth-order valence-corrected chi connectivity index (χ4v) is 2.32. The van der Waals surface area contributed by atoms with E-state index in [0.717, 1.165) is 12.8 Å². The number of aliphatic hydroxyl groups is 1. The zero-order valence-electron chi connectivity index (χ0n) is 7.82. The van der Waals surface area contributed by atoms with Crippen LogP contribution in [-0.4, -0.2) is 23.0 Å². The third-order valence-electron chi connectivity index (χ3n) is 2.35. The molecule has 13 heavy (non-hydrogen) atoms. The molecule has 0 spiro atoms. The van der Waals surface area contributed by atoms with Gasteiger partial charge in [-0.1, -0.05) is 12.8 Å². The van der Waals surface area contributed by atoms with E-state index in [4.69, 9.17) is 0 Å². The standard InChI is InChI=1S/C7H14O4S.Na/c8-7(12(9,10)11)5-3-1-2-4-6-7;/h8H,1-6H2,(H,9,10,11);/q;+1/p-1. The molecule has 1 saturated carbocycles. The van der Waals surface area contributed by atoms with Gasteiger partial charge >= 0.3 is 29.6 Å². The Morgan fingerprint density at radius 1 is 1.08 bits per heavy atom. The largest absolute Gasteiger partial charge is 1.00 e. The van der Waals surface area contributed by atoms with Crippen LogP contribution >= 0.6 is 0 Å². The number of hydrogen-bond donors (Lipinski definition) is 1. The first kappa shape index (κ1) is 13.9. The first-order valence-corrected chi connectivity index (χ1v) is 5.54. The Kier molecular flexibility index (Phi) is 5.43. The Morgan fingerprint density at radius 2 is 1.46 bits per heavy atom. The van der Waals surface area contributed by atoms with Crippen molar-refractivity contribution in [3.05, 3.63) is 0 Å². The Morgan fingerprint density at radius 3 is 1.77 bits per heavy atom. The molecular formula is C7H13NaO4S. The molecule has 0 radical (unpaired) electrons. The number of hydrogen-bond acceptors (Lipinski definition) is 4.